The molecule has 0 aromatic carbocycles. The molecule has 1 saturated heterocycles. The van der Waals surface area contributed by atoms with Gasteiger partial charge in [0.25, 0.3) is 0 Å². The smallest absolute Gasteiger partial charge is 0.224 e. The van der Waals surface area contributed by atoms with Gasteiger partial charge in [0.1, 0.15) is 0 Å². The van der Waals surface area contributed by atoms with Gasteiger partial charge in [0.15, 0.2) is 0 Å². The first-order chi connectivity index (χ1) is 7.59. The molecule has 16 heavy (non-hydrogen) atoms. The van der Waals surface area contributed by atoms with Gasteiger partial charge in [0.05, 0.1) is 5.92 Å². The van der Waals surface area contributed by atoms with Crippen molar-refractivity contribution in [2.24, 2.45) is 11.8 Å². The van der Waals surface area contributed by atoms with E-state index >= 15 is 0 Å². The van der Waals surface area contributed by atoms with Gasteiger partial charge in [-0.25, -0.2) is 0 Å². The maximum Gasteiger partial charge on any atom is 0.224 e. The van der Waals surface area contributed by atoms with Crippen LogP contribution in [0.3, 0.4) is 0 Å². The van der Waals surface area contributed by atoms with Gasteiger partial charge in [-0.15, -0.1) is 0 Å². The Bertz CT molecular complexity index is 210. The van der Waals surface area contributed by atoms with E-state index in [0.717, 1.165) is 38.3 Å². The highest BCUT2D eigenvalue weighted by atomic mass is 16.1. The lowest BCUT2D eigenvalue weighted by Gasteiger charge is -2.24. The minimum atomic E-state index is 0.190. The Labute approximate surface area is 99.4 Å². The molecule has 2 N–H and O–H groups in total. The monoisotopic (exact) mass is 226 g/mol. The number of carbonyl (C=O) groups is 1. The molecule has 2 atom stereocenters. The minimum absolute atomic E-state index is 0.190. The summed E-state index contributed by atoms with van der Waals surface area (Å²) < 4.78 is 0. The molecule has 1 fully saturated rings. The standard InChI is InChI=1S/C13H26N2O/c1-10(2)6-7-11(3)15-13(16)12-5-4-8-14-9-12/h10-12,14H,4-9H2,1-3H3,(H,15,16)/t11?,12-/m0/s1. The largest absolute Gasteiger partial charge is 0.353 e. The van der Waals surface area contributed by atoms with Crippen LogP contribution in [0.25, 0.3) is 0 Å². The molecule has 1 aliphatic heterocycles. The van der Waals surface area contributed by atoms with Crippen LogP contribution >= 0.6 is 0 Å². The van der Waals surface area contributed by atoms with E-state index in [4.69, 9.17) is 0 Å². The highest BCUT2D eigenvalue weighted by Crippen LogP contribution is 2.11. The quantitative estimate of drug-likeness (QED) is 0.752. The predicted octanol–water partition coefficient (Wildman–Crippen LogP) is 1.93. The summed E-state index contributed by atoms with van der Waals surface area (Å²) in [6.45, 7) is 8.46. The Morgan fingerprint density at radius 3 is 2.69 bits per heavy atom. The first kappa shape index (κ1) is 13.5. The molecule has 0 radical (unpaired) electrons. The summed E-state index contributed by atoms with van der Waals surface area (Å²) in [5, 5.41) is 6.40. The summed E-state index contributed by atoms with van der Waals surface area (Å²) >= 11 is 0. The first-order valence-electron chi connectivity index (χ1n) is 6.60. The van der Waals surface area contributed by atoms with E-state index < -0.39 is 0 Å². The Balaban J connectivity index is 2.21. The van der Waals surface area contributed by atoms with Crippen molar-refractivity contribution in [2.75, 3.05) is 13.1 Å². The summed E-state index contributed by atoms with van der Waals surface area (Å²) in [4.78, 5) is 11.9. The lowest BCUT2D eigenvalue weighted by Crippen LogP contribution is -2.43. The molecule has 0 aliphatic carbocycles. The van der Waals surface area contributed by atoms with Crippen LogP contribution < -0.4 is 10.6 Å². The van der Waals surface area contributed by atoms with Gasteiger partial charge in [-0.1, -0.05) is 13.8 Å². The van der Waals surface area contributed by atoms with Crippen LogP contribution in [-0.2, 0) is 4.79 Å². The van der Waals surface area contributed by atoms with Crippen molar-refractivity contribution >= 4 is 5.91 Å². The zero-order chi connectivity index (χ0) is 12.0. The van der Waals surface area contributed by atoms with Crippen LogP contribution in [0.2, 0.25) is 0 Å². The van der Waals surface area contributed by atoms with E-state index in [1.165, 1.54) is 6.42 Å². The highest BCUT2D eigenvalue weighted by Gasteiger charge is 2.21. The molecular weight excluding hydrogens is 200 g/mol. The van der Waals surface area contributed by atoms with Crippen molar-refractivity contribution in [1.82, 2.24) is 10.6 Å². The molecule has 3 nitrogen and oxygen atoms in total. The Morgan fingerprint density at radius 1 is 1.38 bits per heavy atom. The third-order valence-electron chi connectivity index (χ3n) is 3.23. The van der Waals surface area contributed by atoms with Crippen molar-refractivity contribution in [3.05, 3.63) is 0 Å². The van der Waals surface area contributed by atoms with E-state index in [2.05, 4.69) is 31.4 Å². The second kappa shape index (κ2) is 6.89. The predicted molar refractivity (Wildman–Crippen MR) is 67.3 cm³/mol. The Kier molecular flexibility index (Phi) is 5.81. The number of carbonyl (C=O) groups excluding carboxylic acids is 1. The summed E-state index contributed by atoms with van der Waals surface area (Å²) in [6.07, 6.45) is 4.43. The van der Waals surface area contributed by atoms with Crippen molar-refractivity contribution in [3.8, 4) is 0 Å². The molecular formula is C13H26N2O. The van der Waals surface area contributed by atoms with Gasteiger partial charge >= 0.3 is 0 Å². The van der Waals surface area contributed by atoms with E-state index in [-0.39, 0.29) is 11.8 Å². The average molecular weight is 226 g/mol. The SMILES string of the molecule is CC(C)CCC(C)NC(=O)[C@H]1CCCNC1. The number of nitrogens with one attached hydrogen (secondary N) is 2. The fourth-order valence-corrected chi connectivity index (χ4v) is 2.09. The third kappa shape index (κ3) is 4.97. The van der Waals surface area contributed by atoms with Crippen LogP contribution in [0, 0.1) is 11.8 Å². The third-order valence-corrected chi connectivity index (χ3v) is 3.23. The van der Waals surface area contributed by atoms with Crippen LogP contribution in [0.15, 0.2) is 0 Å². The average Bonchev–Trinajstić information content (AvgIpc) is 2.27. The molecule has 0 spiro atoms. The van der Waals surface area contributed by atoms with Crippen LogP contribution in [0.5, 0.6) is 0 Å². The molecule has 1 aliphatic rings. The Morgan fingerprint density at radius 2 is 2.12 bits per heavy atom. The van der Waals surface area contributed by atoms with E-state index in [9.17, 15) is 4.79 Å². The Hall–Kier alpha value is -0.570. The molecule has 1 rings (SSSR count). The molecule has 1 amide bonds. The number of hydrogen-bond acceptors (Lipinski definition) is 2. The van der Waals surface area contributed by atoms with Gasteiger partial charge < -0.3 is 10.6 Å². The topological polar surface area (TPSA) is 41.1 Å². The molecule has 94 valence electrons. The maximum absolute atomic E-state index is 11.9. The number of hydrogen-bond donors (Lipinski definition) is 2. The summed E-state index contributed by atoms with van der Waals surface area (Å²) in [7, 11) is 0. The lowest BCUT2D eigenvalue weighted by atomic mass is 9.98. The van der Waals surface area contributed by atoms with E-state index in [0.29, 0.717) is 6.04 Å². The fourth-order valence-electron chi connectivity index (χ4n) is 2.09. The molecule has 0 aromatic rings. The summed E-state index contributed by atoms with van der Waals surface area (Å²) in [5.41, 5.74) is 0. The highest BCUT2D eigenvalue weighted by molar-refractivity contribution is 5.79. The fraction of sp³-hybridized carbons (Fsp3) is 0.923. The number of piperidine rings is 1. The van der Waals surface area contributed by atoms with Gasteiger partial charge in [-0.2, -0.15) is 0 Å². The normalized spacial score (nSPS) is 23.1. The van der Waals surface area contributed by atoms with Gasteiger partial charge in [0, 0.05) is 12.6 Å². The second-order valence-electron chi connectivity index (χ2n) is 5.42. The lowest BCUT2D eigenvalue weighted by molar-refractivity contribution is -0.126. The molecule has 1 unspecified atom stereocenters. The van der Waals surface area contributed by atoms with Gasteiger partial charge in [-0.05, 0) is 45.1 Å². The van der Waals surface area contributed by atoms with Crippen molar-refractivity contribution in [2.45, 2.75) is 52.5 Å². The summed E-state index contributed by atoms with van der Waals surface area (Å²) in [5.74, 6) is 1.15. The van der Waals surface area contributed by atoms with E-state index in [1.807, 2.05) is 0 Å². The van der Waals surface area contributed by atoms with Crippen LogP contribution in [-0.4, -0.2) is 25.0 Å². The van der Waals surface area contributed by atoms with Crippen molar-refractivity contribution in [3.63, 3.8) is 0 Å². The summed E-state index contributed by atoms with van der Waals surface area (Å²) in [6, 6.07) is 0.317. The molecule has 1 heterocycles. The molecule has 0 aromatic heterocycles. The van der Waals surface area contributed by atoms with E-state index in [1.54, 1.807) is 0 Å². The maximum atomic E-state index is 11.9. The van der Waals surface area contributed by atoms with Crippen LogP contribution in [0.1, 0.15) is 46.5 Å². The number of amides is 1. The van der Waals surface area contributed by atoms with Crippen molar-refractivity contribution in [1.29, 1.82) is 0 Å². The minimum Gasteiger partial charge on any atom is -0.353 e. The first-order valence-corrected chi connectivity index (χ1v) is 6.60. The van der Waals surface area contributed by atoms with Gasteiger partial charge in [0.2, 0.25) is 5.91 Å². The zero-order valence-corrected chi connectivity index (χ0v) is 10.9. The molecule has 0 saturated carbocycles. The van der Waals surface area contributed by atoms with Crippen molar-refractivity contribution < 1.29 is 4.79 Å². The second-order valence-corrected chi connectivity index (χ2v) is 5.42. The van der Waals surface area contributed by atoms with Crippen LogP contribution in [0.4, 0.5) is 0 Å². The zero-order valence-electron chi connectivity index (χ0n) is 10.9. The van der Waals surface area contributed by atoms with Gasteiger partial charge in [-0.3, -0.25) is 4.79 Å². The molecule has 0 bridgehead atoms. The molecule has 3 heteroatoms. The number of rotatable bonds is 5.